The highest BCUT2D eigenvalue weighted by molar-refractivity contribution is 5.97. The van der Waals surface area contributed by atoms with Crippen molar-refractivity contribution in [3.63, 3.8) is 0 Å². The van der Waals surface area contributed by atoms with Crippen LogP contribution in [0.1, 0.15) is 15.9 Å². The molecule has 0 aliphatic carbocycles. The standard InChI is InChI=1S/C15H15NO2/c16-10-13-8-4-5-9-15(13)18-11-14(17)12-6-2-1-3-7-12/h1-9H,10-11,16H2. The Morgan fingerprint density at radius 1 is 1.00 bits per heavy atom. The maximum Gasteiger partial charge on any atom is 0.200 e. The summed E-state index contributed by atoms with van der Waals surface area (Å²) < 4.78 is 5.51. The van der Waals surface area contributed by atoms with E-state index in [4.69, 9.17) is 10.5 Å². The Morgan fingerprint density at radius 3 is 2.39 bits per heavy atom. The highest BCUT2D eigenvalue weighted by Crippen LogP contribution is 2.17. The third-order valence-electron chi connectivity index (χ3n) is 2.65. The maximum absolute atomic E-state index is 11.9. The Kier molecular flexibility index (Phi) is 4.10. The van der Waals surface area contributed by atoms with Crippen LogP contribution in [0.25, 0.3) is 0 Å². The minimum atomic E-state index is -0.0394. The van der Waals surface area contributed by atoms with Crippen molar-refractivity contribution in [2.45, 2.75) is 6.54 Å². The zero-order chi connectivity index (χ0) is 12.8. The van der Waals surface area contributed by atoms with Gasteiger partial charge in [0.25, 0.3) is 0 Å². The molecule has 0 spiro atoms. The van der Waals surface area contributed by atoms with Crippen molar-refractivity contribution in [2.24, 2.45) is 5.73 Å². The van der Waals surface area contributed by atoms with Gasteiger partial charge >= 0.3 is 0 Å². The number of ketones is 1. The number of carbonyl (C=O) groups is 1. The van der Waals surface area contributed by atoms with Crippen molar-refractivity contribution < 1.29 is 9.53 Å². The second-order valence-electron chi connectivity index (χ2n) is 3.89. The molecule has 0 saturated heterocycles. The highest BCUT2D eigenvalue weighted by atomic mass is 16.5. The average Bonchev–Trinajstić information content (AvgIpc) is 2.46. The number of ether oxygens (including phenoxy) is 1. The summed E-state index contributed by atoms with van der Waals surface area (Å²) in [5, 5.41) is 0. The van der Waals surface area contributed by atoms with Gasteiger partial charge in [-0.25, -0.2) is 0 Å². The van der Waals surface area contributed by atoms with Gasteiger partial charge in [0.15, 0.2) is 12.4 Å². The first-order chi connectivity index (χ1) is 8.81. The van der Waals surface area contributed by atoms with Crippen molar-refractivity contribution in [1.82, 2.24) is 0 Å². The highest BCUT2D eigenvalue weighted by Gasteiger charge is 2.07. The van der Waals surface area contributed by atoms with Crippen molar-refractivity contribution >= 4 is 5.78 Å². The Balaban J connectivity index is 2.02. The first-order valence-corrected chi connectivity index (χ1v) is 5.80. The summed E-state index contributed by atoms with van der Waals surface area (Å²) in [5.74, 6) is 0.631. The van der Waals surface area contributed by atoms with Crippen molar-refractivity contribution in [3.05, 3.63) is 65.7 Å². The molecule has 0 amide bonds. The van der Waals surface area contributed by atoms with E-state index >= 15 is 0 Å². The van der Waals surface area contributed by atoms with Crippen LogP contribution < -0.4 is 10.5 Å². The summed E-state index contributed by atoms with van der Waals surface area (Å²) in [6, 6.07) is 16.6. The summed E-state index contributed by atoms with van der Waals surface area (Å²) in [6.07, 6.45) is 0. The van der Waals surface area contributed by atoms with Gasteiger partial charge in [0, 0.05) is 17.7 Å². The first kappa shape index (κ1) is 12.3. The molecule has 0 heterocycles. The van der Waals surface area contributed by atoms with E-state index in [1.54, 1.807) is 12.1 Å². The van der Waals surface area contributed by atoms with Crippen LogP contribution >= 0.6 is 0 Å². The smallest absolute Gasteiger partial charge is 0.200 e. The molecule has 2 rings (SSSR count). The molecule has 2 aromatic carbocycles. The number of rotatable bonds is 5. The van der Waals surface area contributed by atoms with Gasteiger partial charge in [0.05, 0.1) is 0 Å². The van der Waals surface area contributed by atoms with Crippen molar-refractivity contribution in [1.29, 1.82) is 0 Å². The molecule has 0 bridgehead atoms. The molecule has 2 aromatic rings. The molecule has 0 radical (unpaired) electrons. The van der Waals surface area contributed by atoms with Crippen LogP contribution in [0.4, 0.5) is 0 Å². The van der Waals surface area contributed by atoms with Crippen LogP contribution in [0.3, 0.4) is 0 Å². The number of para-hydroxylation sites is 1. The van der Waals surface area contributed by atoms with E-state index < -0.39 is 0 Å². The fraction of sp³-hybridized carbons (Fsp3) is 0.133. The molecule has 0 atom stereocenters. The SMILES string of the molecule is NCc1ccccc1OCC(=O)c1ccccc1. The van der Waals surface area contributed by atoms with Gasteiger partial charge in [-0.15, -0.1) is 0 Å². The quantitative estimate of drug-likeness (QED) is 0.818. The fourth-order valence-electron chi connectivity index (χ4n) is 1.66. The molecule has 0 unspecified atom stereocenters. The molecule has 0 saturated carbocycles. The Morgan fingerprint density at radius 2 is 1.67 bits per heavy atom. The third-order valence-corrected chi connectivity index (χ3v) is 2.65. The lowest BCUT2D eigenvalue weighted by Crippen LogP contribution is -2.12. The molecule has 2 N–H and O–H groups in total. The lowest BCUT2D eigenvalue weighted by Gasteiger charge is -2.09. The van der Waals surface area contributed by atoms with Crippen LogP contribution in [0.15, 0.2) is 54.6 Å². The van der Waals surface area contributed by atoms with Crippen molar-refractivity contribution in [3.8, 4) is 5.75 Å². The van der Waals surface area contributed by atoms with E-state index in [9.17, 15) is 4.79 Å². The molecule has 3 nitrogen and oxygen atoms in total. The lowest BCUT2D eigenvalue weighted by molar-refractivity contribution is 0.0921. The Bertz CT molecular complexity index is 523. The van der Waals surface area contributed by atoms with Gasteiger partial charge in [-0.3, -0.25) is 4.79 Å². The van der Waals surface area contributed by atoms with Gasteiger partial charge < -0.3 is 10.5 Å². The van der Waals surface area contributed by atoms with Crippen molar-refractivity contribution in [2.75, 3.05) is 6.61 Å². The van der Waals surface area contributed by atoms with Gasteiger partial charge in [-0.2, -0.15) is 0 Å². The molecule has 0 aromatic heterocycles. The zero-order valence-electron chi connectivity index (χ0n) is 10.0. The Labute approximate surface area is 106 Å². The zero-order valence-corrected chi connectivity index (χ0v) is 10.0. The minimum absolute atomic E-state index is 0.0288. The molecule has 0 aliphatic rings. The van der Waals surface area contributed by atoms with Crippen LogP contribution in [0, 0.1) is 0 Å². The van der Waals surface area contributed by atoms with E-state index in [2.05, 4.69) is 0 Å². The van der Waals surface area contributed by atoms with Crippen LogP contribution in [-0.2, 0) is 6.54 Å². The van der Waals surface area contributed by atoms with E-state index in [0.29, 0.717) is 17.9 Å². The molecular formula is C15H15NO2. The maximum atomic E-state index is 11.9. The molecule has 3 heteroatoms. The number of Topliss-reactive ketones (excluding diaryl/α,β-unsaturated/α-hetero) is 1. The average molecular weight is 241 g/mol. The molecule has 0 fully saturated rings. The lowest BCUT2D eigenvalue weighted by atomic mass is 10.1. The number of hydrogen-bond acceptors (Lipinski definition) is 3. The number of hydrogen-bond donors (Lipinski definition) is 1. The monoisotopic (exact) mass is 241 g/mol. The summed E-state index contributed by atoms with van der Waals surface area (Å²) in [4.78, 5) is 11.9. The molecular weight excluding hydrogens is 226 g/mol. The second-order valence-corrected chi connectivity index (χ2v) is 3.89. The van der Waals surface area contributed by atoms with Gasteiger partial charge in [-0.05, 0) is 6.07 Å². The van der Waals surface area contributed by atoms with Gasteiger partial charge in [0.1, 0.15) is 5.75 Å². The Hall–Kier alpha value is -2.13. The normalized spacial score (nSPS) is 10.1. The van der Waals surface area contributed by atoms with Gasteiger partial charge in [0.2, 0.25) is 0 Å². The molecule has 0 aliphatic heterocycles. The van der Waals surface area contributed by atoms with E-state index in [0.717, 1.165) is 5.56 Å². The molecule has 92 valence electrons. The van der Waals surface area contributed by atoms with E-state index in [-0.39, 0.29) is 12.4 Å². The fourth-order valence-corrected chi connectivity index (χ4v) is 1.66. The first-order valence-electron chi connectivity index (χ1n) is 5.80. The van der Waals surface area contributed by atoms with Gasteiger partial charge in [-0.1, -0.05) is 48.5 Å². The number of carbonyl (C=O) groups excluding carboxylic acids is 1. The topological polar surface area (TPSA) is 52.3 Å². The van der Waals surface area contributed by atoms with E-state index in [1.807, 2.05) is 42.5 Å². The van der Waals surface area contributed by atoms with Crippen LogP contribution in [0.2, 0.25) is 0 Å². The van der Waals surface area contributed by atoms with Crippen LogP contribution in [0.5, 0.6) is 5.75 Å². The summed E-state index contributed by atoms with van der Waals surface area (Å²) in [7, 11) is 0. The summed E-state index contributed by atoms with van der Waals surface area (Å²) in [6.45, 7) is 0.427. The second kappa shape index (κ2) is 5.98. The number of nitrogens with two attached hydrogens (primary N) is 1. The predicted octanol–water partition coefficient (Wildman–Crippen LogP) is 2.41. The largest absolute Gasteiger partial charge is 0.485 e. The minimum Gasteiger partial charge on any atom is -0.485 e. The summed E-state index contributed by atoms with van der Waals surface area (Å²) in [5.41, 5.74) is 7.16. The van der Waals surface area contributed by atoms with E-state index in [1.165, 1.54) is 0 Å². The third kappa shape index (κ3) is 2.96. The molecule has 18 heavy (non-hydrogen) atoms. The number of benzene rings is 2. The van der Waals surface area contributed by atoms with Crippen LogP contribution in [-0.4, -0.2) is 12.4 Å². The predicted molar refractivity (Wildman–Crippen MR) is 70.6 cm³/mol. The summed E-state index contributed by atoms with van der Waals surface area (Å²) >= 11 is 0.